The Balaban J connectivity index is 1.62. The molecular formula is C25H26N2O5. The van der Waals surface area contributed by atoms with Gasteiger partial charge in [0.25, 0.3) is 0 Å². The number of hydrogen-bond donors (Lipinski definition) is 5. The minimum atomic E-state index is -1.46. The van der Waals surface area contributed by atoms with Gasteiger partial charge in [0.15, 0.2) is 0 Å². The first-order valence-corrected chi connectivity index (χ1v) is 10.6. The minimum Gasteiger partial charge on any atom is -0.394 e. The van der Waals surface area contributed by atoms with Crippen LogP contribution in [-0.4, -0.2) is 67.8 Å². The number of hydrogen-bond acceptors (Lipinski definition) is 6. The van der Waals surface area contributed by atoms with Gasteiger partial charge in [-0.05, 0) is 35.2 Å². The summed E-state index contributed by atoms with van der Waals surface area (Å²) in [6.07, 6.45) is 0.411. The van der Waals surface area contributed by atoms with Crippen molar-refractivity contribution in [2.45, 2.75) is 43.9 Å². The molecule has 166 valence electrons. The van der Waals surface area contributed by atoms with Crippen LogP contribution in [0.4, 0.5) is 0 Å². The summed E-state index contributed by atoms with van der Waals surface area (Å²) in [7, 11) is 0. The molecule has 1 aromatic heterocycles. The second kappa shape index (κ2) is 9.65. The molecule has 2 aromatic carbocycles. The van der Waals surface area contributed by atoms with Crippen molar-refractivity contribution in [1.82, 2.24) is 10.2 Å². The monoisotopic (exact) mass is 434 g/mol. The van der Waals surface area contributed by atoms with Gasteiger partial charge in [-0.1, -0.05) is 55.2 Å². The SMILES string of the molecule is CCc1ccc(/C=C/c2cc(C#CC3OC(CO)[C@@H](O)C(O)C3O)c3[nH]ncc3c2)cc1. The molecule has 32 heavy (non-hydrogen) atoms. The Hall–Kier alpha value is -2.99. The average molecular weight is 434 g/mol. The maximum atomic E-state index is 10.2. The smallest absolute Gasteiger partial charge is 0.147 e. The second-order valence-electron chi connectivity index (χ2n) is 7.85. The lowest BCUT2D eigenvalue weighted by Crippen LogP contribution is -2.58. The molecule has 0 bridgehead atoms. The lowest BCUT2D eigenvalue weighted by molar-refractivity contribution is -0.214. The van der Waals surface area contributed by atoms with E-state index in [1.807, 2.05) is 24.3 Å². The number of aliphatic hydroxyl groups excluding tert-OH is 4. The summed E-state index contributed by atoms with van der Waals surface area (Å²) >= 11 is 0. The summed E-state index contributed by atoms with van der Waals surface area (Å²) in [6, 6.07) is 12.3. The summed E-state index contributed by atoms with van der Waals surface area (Å²) in [6.45, 7) is 1.63. The number of aliphatic hydroxyl groups is 4. The number of ether oxygens (including phenoxy) is 1. The van der Waals surface area contributed by atoms with Gasteiger partial charge in [-0.2, -0.15) is 5.10 Å². The summed E-state index contributed by atoms with van der Waals surface area (Å²) in [5.41, 5.74) is 4.69. The maximum Gasteiger partial charge on any atom is 0.147 e. The molecule has 2 heterocycles. The molecule has 4 rings (SSSR count). The van der Waals surface area contributed by atoms with Gasteiger partial charge in [-0.3, -0.25) is 5.10 Å². The van der Waals surface area contributed by atoms with Crippen molar-refractivity contribution >= 4 is 23.1 Å². The molecule has 4 unspecified atom stereocenters. The molecule has 7 heteroatoms. The third-order valence-corrected chi connectivity index (χ3v) is 5.67. The zero-order valence-electron chi connectivity index (χ0n) is 17.6. The van der Waals surface area contributed by atoms with E-state index in [0.717, 1.165) is 28.5 Å². The maximum absolute atomic E-state index is 10.2. The van der Waals surface area contributed by atoms with Crippen LogP contribution in [0.15, 0.2) is 42.6 Å². The van der Waals surface area contributed by atoms with E-state index >= 15 is 0 Å². The van der Waals surface area contributed by atoms with Crippen molar-refractivity contribution in [2.24, 2.45) is 0 Å². The van der Waals surface area contributed by atoms with Crippen LogP contribution in [-0.2, 0) is 11.2 Å². The molecule has 5 atom stereocenters. The standard InChI is InChI=1S/C25H26N2O5/c1-2-15-3-5-16(6-4-15)7-8-17-11-18(22-19(12-17)13-26-27-22)9-10-20-23(29)25(31)24(30)21(14-28)32-20/h3-8,11-13,20-21,23-25,28-31H,2,14H2,1H3,(H,26,27)/b8-7+/t20?,21?,23?,24-,25?/m1/s1. The van der Waals surface area contributed by atoms with E-state index in [1.165, 1.54) is 5.56 Å². The molecule has 1 saturated heterocycles. The van der Waals surface area contributed by atoms with E-state index in [9.17, 15) is 20.4 Å². The van der Waals surface area contributed by atoms with E-state index in [-0.39, 0.29) is 0 Å². The van der Waals surface area contributed by atoms with E-state index < -0.39 is 37.1 Å². The molecule has 1 fully saturated rings. The van der Waals surface area contributed by atoms with Crippen molar-refractivity contribution in [2.75, 3.05) is 6.61 Å². The third-order valence-electron chi connectivity index (χ3n) is 5.67. The fourth-order valence-corrected chi connectivity index (χ4v) is 3.70. The Bertz CT molecular complexity index is 1160. The summed E-state index contributed by atoms with van der Waals surface area (Å²) < 4.78 is 5.48. The topological polar surface area (TPSA) is 119 Å². The lowest BCUT2D eigenvalue weighted by Gasteiger charge is -2.37. The van der Waals surface area contributed by atoms with Crippen LogP contribution in [0, 0.1) is 11.8 Å². The minimum absolute atomic E-state index is 0.493. The highest BCUT2D eigenvalue weighted by molar-refractivity contribution is 5.88. The third kappa shape index (κ3) is 4.60. The van der Waals surface area contributed by atoms with Crippen LogP contribution in [0.3, 0.4) is 0 Å². The number of aromatic amines is 1. The number of benzene rings is 2. The van der Waals surface area contributed by atoms with Crippen molar-refractivity contribution in [3.05, 3.63) is 64.8 Å². The van der Waals surface area contributed by atoms with Crippen molar-refractivity contribution in [3.63, 3.8) is 0 Å². The Kier molecular flexibility index (Phi) is 6.70. The Morgan fingerprint density at radius 1 is 1.03 bits per heavy atom. The molecule has 0 saturated carbocycles. The quantitative estimate of drug-likeness (QED) is 0.314. The molecule has 7 nitrogen and oxygen atoms in total. The number of fused-ring (bicyclic) bond motifs is 1. The lowest BCUT2D eigenvalue weighted by atomic mass is 9.95. The van der Waals surface area contributed by atoms with Crippen LogP contribution in [0.25, 0.3) is 23.1 Å². The Morgan fingerprint density at radius 2 is 1.78 bits per heavy atom. The fraction of sp³-hybridized carbons (Fsp3) is 0.320. The molecule has 3 aromatic rings. The first-order chi connectivity index (χ1) is 15.5. The number of aryl methyl sites for hydroxylation is 1. The van der Waals surface area contributed by atoms with Gasteiger partial charge >= 0.3 is 0 Å². The highest BCUT2D eigenvalue weighted by Crippen LogP contribution is 2.23. The molecule has 0 amide bonds. The Labute approximate surface area is 186 Å². The Morgan fingerprint density at radius 3 is 2.50 bits per heavy atom. The van der Waals surface area contributed by atoms with E-state index in [2.05, 4.69) is 53.2 Å². The highest BCUT2D eigenvalue weighted by atomic mass is 16.5. The molecule has 1 aliphatic heterocycles. The van der Waals surface area contributed by atoms with Gasteiger partial charge in [0.1, 0.15) is 30.5 Å². The van der Waals surface area contributed by atoms with Gasteiger partial charge in [0, 0.05) is 5.39 Å². The first-order valence-electron chi connectivity index (χ1n) is 10.6. The summed E-state index contributed by atoms with van der Waals surface area (Å²) in [5, 5.41) is 47.4. The zero-order chi connectivity index (χ0) is 22.7. The second-order valence-corrected chi connectivity index (χ2v) is 7.85. The molecule has 0 radical (unpaired) electrons. The van der Waals surface area contributed by atoms with Crippen LogP contribution in [0.1, 0.15) is 29.2 Å². The fourth-order valence-electron chi connectivity index (χ4n) is 3.70. The molecule has 0 aliphatic carbocycles. The van der Waals surface area contributed by atoms with Crippen LogP contribution >= 0.6 is 0 Å². The average Bonchev–Trinajstić information content (AvgIpc) is 3.30. The summed E-state index contributed by atoms with van der Waals surface area (Å²) in [5.74, 6) is 5.82. The molecular weight excluding hydrogens is 408 g/mol. The van der Waals surface area contributed by atoms with Crippen LogP contribution in [0.5, 0.6) is 0 Å². The normalized spacial score (nSPS) is 25.7. The highest BCUT2D eigenvalue weighted by Gasteiger charge is 2.42. The van der Waals surface area contributed by atoms with Crippen molar-refractivity contribution in [1.29, 1.82) is 0 Å². The zero-order valence-corrected chi connectivity index (χ0v) is 17.6. The predicted molar refractivity (Wildman–Crippen MR) is 121 cm³/mol. The van der Waals surface area contributed by atoms with Gasteiger partial charge in [-0.15, -0.1) is 0 Å². The van der Waals surface area contributed by atoms with Crippen LogP contribution in [0.2, 0.25) is 0 Å². The molecule has 5 N–H and O–H groups in total. The predicted octanol–water partition coefficient (Wildman–Crippen LogP) is 1.49. The summed E-state index contributed by atoms with van der Waals surface area (Å²) in [4.78, 5) is 0. The van der Waals surface area contributed by atoms with Gasteiger partial charge in [0.05, 0.1) is 23.9 Å². The van der Waals surface area contributed by atoms with Gasteiger partial charge in [-0.25, -0.2) is 0 Å². The molecule has 0 spiro atoms. The number of aromatic nitrogens is 2. The van der Waals surface area contributed by atoms with Crippen molar-refractivity contribution in [3.8, 4) is 11.8 Å². The number of nitrogens with zero attached hydrogens (tertiary/aromatic N) is 1. The first kappa shape index (κ1) is 22.2. The van der Waals surface area contributed by atoms with E-state index in [1.54, 1.807) is 6.20 Å². The van der Waals surface area contributed by atoms with Crippen LogP contribution < -0.4 is 0 Å². The molecule has 1 aliphatic rings. The largest absolute Gasteiger partial charge is 0.394 e. The number of rotatable bonds is 4. The van der Waals surface area contributed by atoms with E-state index in [4.69, 9.17) is 4.74 Å². The number of nitrogens with one attached hydrogen (secondary N) is 1. The van der Waals surface area contributed by atoms with Gasteiger partial charge < -0.3 is 25.2 Å². The number of H-pyrrole nitrogens is 1. The van der Waals surface area contributed by atoms with Gasteiger partial charge in [0.2, 0.25) is 0 Å². The van der Waals surface area contributed by atoms with Crippen molar-refractivity contribution < 1.29 is 25.2 Å². The van der Waals surface area contributed by atoms with E-state index in [0.29, 0.717) is 5.56 Å².